The zero-order valence-corrected chi connectivity index (χ0v) is 15.4. The number of nitrogens with zero attached hydrogens (tertiary/aromatic N) is 1. The molecule has 0 aliphatic carbocycles. The van der Waals surface area contributed by atoms with Gasteiger partial charge in [0.15, 0.2) is 0 Å². The van der Waals surface area contributed by atoms with Crippen LogP contribution in [0.1, 0.15) is 13.8 Å². The lowest BCUT2D eigenvalue weighted by Crippen LogP contribution is -2.60. The Kier molecular flexibility index (Phi) is 5.74. The van der Waals surface area contributed by atoms with Crippen LogP contribution in [0, 0.1) is 0 Å². The zero-order chi connectivity index (χ0) is 12.3. The quantitative estimate of drug-likeness (QED) is 0.686. The van der Waals surface area contributed by atoms with Gasteiger partial charge in [0, 0.05) is 0 Å². The van der Waals surface area contributed by atoms with Crippen LogP contribution in [0.2, 0.25) is 39.3 Å². The van der Waals surface area contributed by atoms with Crippen molar-refractivity contribution in [2.24, 2.45) is 0 Å². The molecule has 0 atom stereocenters. The minimum Gasteiger partial charge on any atom is -0.349 e. The van der Waals surface area contributed by atoms with E-state index in [1.807, 2.05) is 0 Å². The molecule has 15 heavy (non-hydrogen) atoms. The van der Waals surface area contributed by atoms with E-state index in [1.165, 1.54) is 11.7 Å². The van der Waals surface area contributed by atoms with Crippen molar-refractivity contribution in [3.8, 4) is 0 Å². The third kappa shape index (κ3) is 6.50. The molecule has 0 heterocycles. The van der Waals surface area contributed by atoms with Crippen LogP contribution in [0.4, 0.5) is 0 Å². The third-order valence-corrected chi connectivity index (χ3v) is 12.9. The highest BCUT2D eigenvalue weighted by Crippen LogP contribution is 2.18. The minimum absolute atomic E-state index is 0.00989. The van der Waals surface area contributed by atoms with Gasteiger partial charge < -0.3 is 4.23 Å². The zero-order valence-electron chi connectivity index (χ0n) is 11.9. The van der Waals surface area contributed by atoms with Crippen molar-refractivity contribution >= 4 is 26.0 Å². The highest BCUT2D eigenvalue weighted by molar-refractivity contribution is 6.90. The maximum Gasteiger partial charge on any atom is 0.112 e. The second kappa shape index (κ2) is 5.61. The van der Waals surface area contributed by atoms with Crippen molar-refractivity contribution < 1.29 is 0 Å². The summed E-state index contributed by atoms with van der Waals surface area (Å²) >= 11 is 0. The molecule has 0 aliphatic heterocycles. The topological polar surface area (TPSA) is 3.24 Å². The van der Waals surface area contributed by atoms with Crippen molar-refractivity contribution in [2.45, 2.75) is 53.1 Å². The SMILES string of the molecule is CC(C)=C[SiH2]CN([Si](C)(C)C)[Si](C)(C)C. The molecular formula is C11H29NSi3. The van der Waals surface area contributed by atoms with E-state index < -0.39 is 16.5 Å². The van der Waals surface area contributed by atoms with Crippen LogP contribution in [0.15, 0.2) is 11.3 Å². The van der Waals surface area contributed by atoms with E-state index in [0.717, 1.165) is 0 Å². The summed E-state index contributed by atoms with van der Waals surface area (Å²) in [7, 11) is -2.20. The highest BCUT2D eigenvalue weighted by atomic mass is 28.4. The first kappa shape index (κ1) is 15.4. The fourth-order valence-electron chi connectivity index (χ4n) is 2.16. The fourth-order valence-corrected chi connectivity index (χ4v) is 17.3. The Morgan fingerprint density at radius 2 is 1.40 bits per heavy atom. The summed E-state index contributed by atoms with van der Waals surface area (Å²) in [6.45, 7) is 19.4. The molecule has 0 N–H and O–H groups in total. The number of allylic oxidation sites excluding steroid dienone is 1. The molecule has 0 spiro atoms. The van der Waals surface area contributed by atoms with Crippen LogP contribution in [-0.2, 0) is 0 Å². The van der Waals surface area contributed by atoms with Gasteiger partial charge in [-0.15, -0.1) is 5.70 Å². The monoisotopic (exact) mass is 259 g/mol. The predicted octanol–water partition coefficient (Wildman–Crippen LogP) is 3.01. The summed E-state index contributed by atoms with van der Waals surface area (Å²) in [5.41, 5.74) is 4.01. The van der Waals surface area contributed by atoms with E-state index >= 15 is 0 Å². The summed E-state index contributed by atoms with van der Waals surface area (Å²) in [5.74, 6) is 0. The lowest BCUT2D eigenvalue weighted by molar-refractivity contribution is 0.721. The maximum absolute atomic E-state index is 2.91. The Hall–Kier alpha value is 0.351. The van der Waals surface area contributed by atoms with Gasteiger partial charge in [-0.05, 0) is 20.0 Å². The third-order valence-electron chi connectivity index (χ3n) is 2.52. The molecule has 0 rings (SSSR count). The van der Waals surface area contributed by atoms with E-state index in [1.54, 1.807) is 0 Å². The molecule has 4 heteroatoms. The lowest BCUT2D eigenvalue weighted by atomic mass is 10.4. The van der Waals surface area contributed by atoms with Crippen LogP contribution >= 0.6 is 0 Å². The lowest BCUT2D eigenvalue weighted by Gasteiger charge is -2.43. The van der Waals surface area contributed by atoms with Crippen LogP contribution in [0.3, 0.4) is 0 Å². The van der Waals surface area contributed by atoms with Gasteiger partial charge in [0.2, 0.25) is 0 Å². The molecule has 0 bridgehead atoms. The number of hydrogen-bond donors (Lipinski definition) is 0. The van der Waals surface area contributed by atoms with Crippen molar-refractivity contribution in [2.75, 3.05) is 6.17 Å². The summed E-state index contributed by atoms with van der Waals surface area (Å²) in [6.07, 6.45) is 1.40. The molecule has 0 fully saturated rings. The normalized spacial score (nSPS) is 13.9. The molecule has 0 aliphatic rings. The van der Waals surface area contributed by atoms with Gasteiger partial charge in [0.25, 0.3) is 0 Å². The van der Waals surface area contributed by atoms with Crippen molar-refractivity contribution in [3.05, 3.63) is 11.3 Å². The van der Waals surface area contributed by atoms with Crippen molar-refractivity contribution in [1.29, 1.82) is 0 Å². The summed E-state index contributed by atoms with van der Waals surface area (Å²) in [6, 6.07) is 0. The second-order valence-corrected chi connectivity index (χ2v) is 18.2. The van der Waals surface area contributed by atoms with Gasteiger partial charge in [0.1, 0.15) is 16.5 Å². The smallest absolute Gasteiger partial charge is 0.112 e. The Labute approximate surface area is 101 Å². The number of rotatable bonds is 5. The molecule has 0 aromatic heterocycles. The maximum atomic E-state index is 2.91. The fraction of sp³-hybridized carbons (Fsp3) is 0.818. The van der Waals surface area contributed by atoms with E-state index in [0.29, 0.717) is 0 Å². The Balaban J connectivity index is 4.49. The van der Waals surface area contributed by atoms with Gasteiger partial charge in [-0.3, -0.25) is 0 Å². The first-order chi connectivity index (χ1) is 6.55. The molecule has 0 amide bonds. The average Bonchev–Trinajstić information content (AvgIpc) is 1.92. The predicted molar refractivity (Wildman–Crippen MR) is 81.4 cm³/mol. The van der Waals surface area contributed by atoms with Gasteiger partial charge in [-0.25, -0.2) is 0 Å². The summed E-state index contributed by atoms with van der Waals surface area (Å²) < 4.78 is 2.91. The van der Waals surface area contributed by atoms with Gasteiger partial charge in [-0.2, -0.15) is 0 Å². The van der Waals surface area contributed by atoms with Gasteiger partial charge >= 0.3 is 0 Å². The van der Waals surface area contributed by atoms with E-state index in [2.05, 4.69) is 63.1 Å². The Bertz CT molecular complexity index is 205. The van der Waals surface area contributed by atoms with Gasteiger partial charge in [-0.1, -0.05) is 44.9 Å². The van der Waals surface area contributed by atoms with Crippen LogP contribution in [-0.4, -0.2) is 36.4 Å². The van der Waals surface area contributed by atoms with E-state index in [4.69, 9.17) is 0 Å². The molecule has 0 unspecified atom stereocenters. The Morgan fingerprint density at radius 1 is 1.00 bits per heavy atom. The molecule has 90 valence electrons. The standard InChI is InChI=1S/C11H29NSi3/c1-11(2)9-13-10-12(14(3,4)5)15(6,7)8/h9H,10,13H2,1-8H3. The highest BCUT2D eigenvalue weighted by Gasteiger charge is 2.33. The Morgan fingerprint density at radius 3 is 1.67 bits per heavy atom. The molecule has 0 radical (unpaired) electrons. The molecule has 0 saturated carbocycles. The van der Waals surface area contributed by atoms with Crippen molar-refractivity contribution in [1.82, 2.24) is 4.23 Å². The first-order valence-corrected chi connectivity index (χ1v) is 14.7. The van der Waals surface area contributed by atoms with Crippen LogP contribution in [0.25, 0.3) is 0 Å². The van der Waals surface area contributed by atoms with Gasteiger partial charge in [0.05, 0.1) is 9.52 Å². The van der Waals surface area contributed by atoms with E-state index in [9.17, 15) is 0 Å². The van der Waals surface area contributed by atoms with Crippen molar-refractivity contribution in [3.63, 3.8) is 0 Å². The largest absolute Gasteiger partial charge is 0.349 e. The summed E-state index contributed by atoms with van der Waals surface area (Å²) in [5, 5.41) is 0. The molecule has 0 aromatic carbocycles. The van der Waals surface area contributed by atoms with Crippen LogP contribution in [0.5, 0.6) is 0 Å². The number of hydrogen-bond acceptors (Lipinski definition) is 1. The molecular weight excluding hydrogens is 230 g/mol. The second-order valence-electron chi connectivity index (χ2n) is 6.56. The average molecular weight is 260 g/mol. The van der Waals surface area contributed by atoms with E-state index in [-0.39, 0.29) is 9.52 Å². The van der Waals surface area contributed by atoms with Crippen LogP contribution < -0.4 is 0 Å². The summed E-state index contributed by atoms with van der Waals surface area (Å²) in [4.78, 5) is 0. The molecule has 1 nitrogen and oxygen atoms in total. The minimum atomic E-state index is -1.09. The first-order valence-electron chi connectivity index (χ1n) is 5.96. The molecule has 0 saturated heterocycles. The molecule has 0 aromatic rings.